The number of hydrogen-bond acceptors (Lipinski definition) is 5. The van der Waals surface area contributed by atoms with Gasteiger partial charge in [-0.25, -0.2) is 18.7 Å². The molecular weight excluding hydrogens is 362 g/mol. The second-order valence-corrected chi connectivity index (χ2v) is 7.29. The second kappa shape index (κ2) is 6.71. The summed E-state index contributed by atoms with van der Waals surface area (Å²) in [6.07, 6.45) is 2.30. The maximum absolute atomic E-state index is 13.9. The predicted octanol–water partition coefficient (Wildman–Crippen LogP) is 2.08. The molecule has 3 aliphatic rings. The highest BCUT2D eigenvalue weighted by Gasteiger charge is 2.42. The molecule has 0 unspecified atom stereocenters. The van der Waals surface area contributed by atoms with E-state index in [1.165, 1.54) is 16.2 Å². The van der Waals surface area contributed by atoms with E-state index >= 15 is 0 Å². The number of nitrogens with zero attached hydrogens (tertiary/aromatic N) is 4. The molecule has 2 atom stereocenters. The number of piperidine rings is 1. The van der Waals surface area contributed by atoms with Gasteiger partial charge < -0.3 is 9.80 Å². The van der Waals surface area contributed by atoms with Gasteiger partial charge in [0.05, 0.1) is 29.9 Å². The highest BCUT2D eigenvalue weighted by Crippen LogP contribution is 2.31. The van der Waals surface area contributed by atoms with Gasteiger partial charge in [0.15, 0.2) is 11.5 Å². The fourth-order valence-electron chi connectivity index (χ4n) is 3.63. The zero-order valence-corrected chi connectivity index (χ0v) is 14.6. The lowest BCUT2D eigenvalue weighted by atomic mass is 9.94. The van der Waals surface area contributed by atoms with Gasteiger partial charge in [-0.2, -0.15) is 0 Å². The first kappa shape index (κ1) is 17.0. The Bertz CT molecular complexity index is 845. The SMILES string of the molecule is O=C(c1ncc(F)cc1F)N1C[C@@H]2CC[C@H](C1)N(Cc1cscn1)C2=O. The molecule has 5 rings (SSSR count). The lowest BCUT2D eigenvalue weighted by Crippen LogP contribution is -2.47. The van der Waals surface area contributed by atoms with Gasteiger partial charge in [0, 0.05) is 30.6 Å². The standard InChI is InChI=1S/C17H16F2N4O2S/c18-11-3-14(19)15(20-4-11)17(25)22-5-10-1-2-13(7-22)23(16(10)24)6-12-8-26-9-21-12/h3-4,8-10,13H,1-2,5-7H2/t10-,13+/m0/s1. The number of carbonyl (C=O) groups is 2. The highest BCUT2D eigenvalue weighted by molar-refractivity contribution is 7.07. The smallest absolute Gasteiger partial charge is 0.275 e. The maximum atomic E-state index is 13.9. The molecule has 5 heterocycles. The Hall–Kier alpha value is -2.42. The van der Waals surface area contributed by atoms with E-state index < -0.39 is 23.2 Å². The molecule has 0 aliphatic carbocycles. The largest absolute Gasteiger partial charge is 0.334 e. The topological polar surface area (TPSA) is 66.4 Å². The van der Waals surface area contributed by atoms with Crippen LogP contribution in [-0.2, 0) is 11.3 Å². The molecule has 6 nitrogen and oxygen atoms in total. The monoisotopic (exact) mass is 378 g/mol. The van der Waals surface area contributed by atoms with E-state index in [0.717, 1.165) is 18.3 Å². The van der Waals surface area contributed by atoms with Crippen LogP contribution in [0.15, 0.2) is 23.2 Å². The molecule has 2 amide bonds. The van der Waals surface area contributed by atoms with E-state index in [1.807, 2.05) is 5.38 Å². The normalized spacial score (nSPS) is 22.6. The molecule has 136 valence electrons. The summed E-state index contributed by atoms with van der Waals surface area (Å²) in [5.74, 6) is -2.75. The molecule has 2 bridgehead atoms. The first-order valence-electron chi connectivity index (χ1n) is 8.31. The van der Waals surface area contributed by atoms with E-state index in [2.05, 4.69) is 9.97 Å². The first-order chi connectivity index (χ1) is 12.5. The highest BCUT2D eigenvalue weighted by atomic mass is 32.1. The average Bonchev–Trinajstić information content (AvgIpc) is 2.97. The van der Waals surface area contributed by atoms with Crippen molar-refractivity contribution in [2.45, 2.75) is 25.4 Å². The number of pyridine rings is 1. The number of thiazole rings is 1. The molecular formula is C17H16F2N4O2S. The van der Waals surface area contributed by atoms with E-state index in [1.54, 1.807) is 10.4 Å². The number of carbonyl (C=O) groups excluding carboxylic acids is 2. The summed E-state index contributed by atoms with van der Waals surface area (Å²) in [5, 5.41) is 1.90. The van der Waals surface area contributed by atoms with E-state index in [4.69, 9.17) is 0 Å². The average molecular weight is 378 g/mol. The Balaban J connectivity index is 1.57. The molecule has 9 heteroatoms. The van der Waals surface area contributed by atoms with Gasteiger partial charge in [0.1, 0.15) is 5.82 Å². The molecule has 0 saturated carbocycles. The van der Waals surface area contributed by atoms with Gasteiger partial charge in [0.25, 0.3) is 5.91 Å². The fraction of sp³-hybridized carbons (Fsp3) is 0.412. The molecule has 3 saturated heterocycles. The summed E-state index contributed by atoms with van der Waals surface area (Å²) in [4.78, 5) is 36.5. The van der Waals surface area contributed by atoms with E-state index in [0.29, 0.717) is 25.6 Å². The molecule has 3 aliphatic heterocycles. The van der Waals surface area contributed by atoms with Gasteiger partial charge in [-0.3, -0.25) is 9.59 Å². The van der Waals surface area contributed by atoms with Crippen molar-refractivity contribution in [2.75, 3.05) is 13.1 Å². The van der Waals surface area contributed by atoms with Crippen LogP contribution in [0.5, 0.6) is 0 Å². The lowest BCUT2D eigenvalue weighted by Gasteiger charge is -2.35. The number of amides is 2. The third kappa shape index (κ3) is 3.07. The van der Waals surface area contributed by atoms with Crippen molar-refractivity contribution >= 4 is 23.2 Å². The molecule has 0 radical (unpaired) electrons. The van der Waals surface area contributed by atoms with Crippen molar-refractivity contribution in [3.8, 4) is 0 Å². The zero-order valence-electron chi connectivity index (χ0n) is 13.8. The number of fused-ring (bicyclic) bond motifs is 4. The van der Waals surface area contributed by atoms with Crippen molar-refractivity contribution < 1.29 is 18.4 Å². The Morgan fingerprint density at radius 1 is 1.27 bits per heavy atom. The zero-order chi connectivity index (χ0) is 18.3. The number of hydrogen-bond donors (Lipinski definition) is 0. The number of aromatic nitrogens is 2. The minimum Gasteiger partial charge on any atom is -0.334 e. The van der Waals surface area contributed by atoms with Crippen LogP contribution in [0.2, 0.25) is 0 Å². The molecule has 0 N–H and O–H groups in total. The molecule has 2 aromatic heterocycles. The Morgan fingerprint density at radius 3 is 2.85 bits per heavy atom. The van der Waals surface area contributed by atoms with E-state index in [9.17, 15) is 18.4 Å². The predicted molar refractivity (Wildman–Crippen MR) is 89.2 cm³/mol. The van der Waals surface area contributed by atoms with Crippen LogP contribution in [0.3, 0.4) is 0 Å². The summed E-state index contributed by atoms with van der Waals surface area (Å²) < 4.78 is 27.0. The molecule has 26 heavy (non-hydrogen) atoms. The van der Waals surface area contributed by atoms with Crippen LogP contribution < -0.4 is 0 Å². The molecule has 0 spiro atoms. The number of rotatable bonds is 3. The molecule has 3 fully saturated rings. The van der Waals surface area contributed by atoms with Crippen LogP contribution in [0.25, 0.3) is 0 Å². The van der Waals surface area contributed by atoms with Crippen LogP contribution in [0, 0.1) is 17.6 Å². The summed E-state index contributed by atoms with van der Waals surface area (Å²) >= 11 is 1.47. The third-order valence-corrected chi connectivity index (χ3v) is 5.54. The van der Waals surface area contributed by atoms with Crippen LogP contribution in [-0.4, -0.2) is 50.7 Å². The van der Waals surface area contributed by atoms with Gasteiger partial charge in [-0.05, 0) is 12.8 Å². The van der Waals surface area contributed by atoms with Crippen molar-refractivity contribution in [2.24, 2.45) is 5.92 Å². The summed E-state index contributed by atoms with van der Waals surface area (Å²) in [6, 6.07) is 0.502. The number of halogens is 2. The summed E-state index contributed by atoms with van der Waals surface area (Å²) in [5.41, 5.74) is 2.13. The lowest BCUT2D eigenvalue weighted by molar-refractivity contribution is -0.140. The molecule has 0 aromatic carbocycles. The second-order valence-electron chi connectivity index (χ2n) is 6.57. The van der Waals surface area contributed by atoms with Gasteiger partial charge >= 0.3 is 0 Å². The maximum Gasteiger partial charge on any atom is 0.275 e. The third-order valence-electron chi connectivity index (χ3n) is 4.91. The Kier molecular flexibility index (Phi) is 4.39. The quantitative estimate of drug-likeness (QED) is 0.820. The first-order valence-corrected chi connectivity index (χ1v) is 9.25. The van der Waals surface area contributed by atoms with Crippen LogP contribution >= 0.6 is 11.3 Å². The van der Waals surface area contributed by atoms with Crippen molar-refractivity contribution in [1.82, 2.24) is 19.8 Å². The van der Waals surface area contributed by atoms with Crippen molar-refractivity contribution in [3.63, 3.8) is 0 Å². The minimum absolute atomic E-state index is 0.00270. The van der Waals surface area contributed by atoms with E-state index in [-0.39, 0.29) is 24.4 Å². The summed E-state index contributed by atoms with van der Waals surface area (Å²) in [6.45, 7) is 0.943. The van der Waals surface area contributed by atoms with Crippen LogP contribution in [0.1, 0.15) is 29.0 Å². The molecule has 2 aromatic rings. The van der Waals surface area contributed by atoms with Crippen LogP contribution in [0.4, 0.5) is 8.78 Å². The Labute approximate surface area is 152 Å². The Morgan fingerprint density at radius 2 is 2.12 bits per heavy atom. The van der Waals surface area contributed by atoms with Crippen molar-refractivity contribution in [3.05, 3.63) is 46.2 Å². The van der Waals surface area contributed by atoms with Gasteiger partial charge in [-0.1, -0.05) is 0 Å². The minimum atomic E-state index is -0.989. The van der Waals surface area contributed by atoms with Gasteiger partial charge in [-0.15, -0.1) is 11.3 Å². The van der Waals surface area contributed by atoms with Crippen molar-refractivity contribution in [1.29, 1.82) is 0 Å². The fourth-order valence-corrected chi connectivity index (χ4v) is 4.18. The summed E-state index contributed by atoms with van der Waals surface area (Å²) in [7, 11) is 0. The van der Waals surface area contributed by atoms with Gasteiger partial charge in [0.2, 0.25) is 5.91 Å².